The molecule has 3 N–H and O–H groups in total. The van der Waals surface area contributed by atoms with E-state index >= 15 is 0 Å². The number of benzene rings is 1. The molecule has 2 rings (SSSR count). The number of aromatic nitrogens is 1. The Morgan fingerprint density at radius 2 is 1.88 bits per heavy atom. The molecule has 0 saturated heterocycles. The van der Waals surface area contributed by atoms with Crippen molar-refractivity contribution in [1.82, 2.24) is 15.8 Å². The lowest BCUT2D eigenvalue weighted by Gasteiger charge is -2.07. The number of hydrogen-bond donors (Lipinski definition) is 3. The molecule has 0 bridgehead atoms. The van der Waals surface area contributed by atoms with E-state index in [0.29, 0.717) is 16.4 Å². The summed E-state index contributed by atoms with van der Waals surface area (Å²) < 4.78 is 14.9. The van der Waals surface area contributed by atoms with Gasteiger partial charge in [-0.25, -0.2) is 20.0 Å². The zero-order valence-corrected chi connectivity index (χ0v) is 13.6. The molecule has 11 heteroatoms. The van der Waals surface area contributed by atoms with Crippen molar-refractivity contribution in [2.75, 3.05) is 26.1 Å². The highest BCUT2D eigenvalue weighted by Gasteiger charge is 2.09. The summed E-state index contributed by atoms with van der Waals surface area (Å²) in [5, 5.41) is 2.86. The van der Waals surface area contributed by atoms with E-state index in [4.69, 9.17) is 4.74 Å². The maximum absolute atomic E-state index is 11.5. The van der Waals surface area contributed by atoms with Crippen LogP contribution in [-0.4, -0.2) is 43.9 Å². The predicted octanol–water partition coefficient (Wildman–Crippen LogP) is 1.24. The molecule has 24 heavy (non-hydrogen) atoms. The molecule has 0 atom stereocenters. The van der Waals surface area contributed by atoms with E-state index in [1.54, 1.807) is 18.2 Å². The Labute approximate surface area is 140 Å². The number of amides is 3. The highest BCUT2D eigenvalue weighted by atomic mass is 32.1. The van der Waals surface area contributed by atoms with Gasteiger partial charge in [0.15, 0.2) is 11.7 Å². The first-order valence-corrected chi connectivity index (χ1v) is 7.34. The van der Waals surface area contributed by atoms with Crippen molar-refractivity contribution < 1.29 is 28.6 Å². The third kappa shape index (κ3) is 4.71. The topological polar surface area (TPSA) is 128 Å². The van der Waals surface area contributed by atoms with E-state index < -0.39 is 18.1 Å². The van der Waals surface area contributed by atoms with Crippen LogP contribution in [0.5, 0.6) is 5.75 Å². The summed E-state index contributed by atoms with van der Waals surface area (Å²) >= 11 is 1.23. The van der Waals surface area contributed by atoms with Crippen LogP contribution in [0.2, 0.25) is 0 Å². The Morgan fingerprint density at radius 3 is 2.58 bits per heavy atom. The smallest absolute Gasteiger partial charge is 0.425 e. The van der Waals surface area contributed by atoms with Gasteiger partial charge < -0.3 is 14.2 Å². The molecule has 2 aromatic rings. The molecule has 1 aromatic carbocycles. The summed E-state index contributed by atoms with van der Waals surface area (Å²) in [6.07, 6.45) is -1.40. The van der Waals surface area contributed by atoms with Crippen molar-refractivity contribution >= 4 is 44.8 Å². The van der Waals surface area contributed by atoms with Gasteiger partial charge in [0, 0.05) is 0 Å². The second-order valence-electron chi connectivity index (χ2n) is 4.22. The minimum Gasteiger partial charge on any atom is -0.484 e. The molecule has 3 amide bonds. The van der Waals surface area contributed by atoms with Gasteiger partial charge in [0.05, 0.1) is 24.4 Å². The molecule has 1 heterocycles. The lowest BCUT2D eigenvalue weighted by Crippen LogP contribution is -2.43. The summed E-state index contributed by atoms with van der Waals surface area (Å²) in [6.45, 7) is -0.304. The van der Waals surface area contributed by atoms with Crippen molar-refractivity contribution in [3.63, 3.8) is 0 Å². The van der Waals surface area contributed by atoms with Gasteiger partial charge in [0.2, 0.25) is 0 Å². The normalized spacial score (nSPS) is 9.92. The third-order valence-electron chi connectivity index (χ3n) is 2.61. The number of ether oxygens (including phenoxy) is 3. The molecule has 128 valence electrons. The molecule has 0 aliphatic carbocycles. The van der Waals surface area contributed by atoms with Gasteiger partial charge in [0.25, 0.3) is 5.91 Å². The molecule has 0 fully saturated rings. The molecule has 1 aromatic heterocycles. The van der Waals surface area contributed by atoms with Gasteiger partial charge >= 0.3 is 12.2 Å². The number of methoxy groups -OCH3 is 2. The summed E-state index contributed by atoms with van der Waals surface area (Å²) in [5.41, 5.74) is 4.80. The maximum atomic E-state index is 11.5. The molecule has 0 spiro atoms. The van der Waals surface area contributed by atoms with Crippen LogP contribution in [0.15, 0.2) is 18.2 Å². The summed E-state index contributed by atoms with van der Waals surface area (Å²) in [5.74, 6) is -0.123. The van der Waals surface area contributed by atoms with Crippen LogP contribution in [0.25, 0.3) is 10.2 Å². The SMILES string of the molecule is COC(=O)NNC(=O)COc1ccc2nc(NC(=O)OC)sc2c1. The van der Waals surface area contributed by atoms with Crippen LogP contribution < -0.4 is 20.9 Å². The minimum absolute atomic E-state index is 0.304. The molecule has 0 radical (unpaired) electrons. The van der Waals surface area contributed by atoms with E-state index in [0.717, 1.165) is 4.70 Å². The van der Waals surface area contributed by atoms with Crippen molar-refractivity contribution in [1.29, 1.82) is 0 Å². The Morgan fingerprint density at radius 1 is 1.12 bits per heavy atom. The van der Waals surface area contributed by atoms with Crippen LogP contribution >= 0.6 is 11.3 Å². The van der Waals surface area contributed by atoms with Crippen LogP contribution in [0, 0.1) is 0 Å². The molecule has 0 saturated carbocycles. The average Bonchev–Trinajstić information content (AvgIpc) is 2.98. The fourth-order valence-electron chi connectivity index (χ4n) is 1.54. The highest BCUT2D eigenvalue weighted by Crippen LogP contribution is 2.29. The zero-order chi connectivity index (χ0) is 17.5. The monoisotopic (exact) mass is 354 g/mol. The summed E-state index contributed by atoms with van der Waals surface area (Å²) in [4.78, 5) is 37.7. The number of hydrazine groups is 1. The first kappa shape index (κ1) is 17.3. The van der Waals surface area contributed by atoms with Crippen molar-refractivity contribution in [2.24, 2.45) is 0 Å². The van der Waals surface area contributed by atoms with Crippen LogP contribution in [0.4, 0.5) is 14.7 Å². The quantitative estimate of drug-likeness (QED) is 0.705. The molecule has 0 aliphatic heterocycles. The van der Waals surface area contributed by atoms with E-state index in [1.165, 1.54) is 25.6 Å². The summed E-state index contributed by atoms with van der Waals surface area (Å²) in [6, 6.07) is 5.00. The predicted molar refractivity (Wildman–Crippen MR) is 84.8 cm³/mol. The van der Waals surface area contributed by atoms with Crippen molar-refractivity contribution in [2.45, 2.75) is 0 Å². The van der Waals surface area contributed by atoms with E-state index in [1.807, 2.05) is 5.43 Å². The van der Waals surface area contributed by atoms with E-state index in [2.05, 4.69) is 25.2 Å². The third-order valence-corrected chi connectivity index (χ3v) is 3.55. The second kappa shape index (κ2) is 7.97. The number of fused-ring (bicyclic) bond motifs is 1. The molecular formula is C13H14N4O6S. The van der Waals surface area contributed by atoms with Gasteiger partial charge in [-0.15, -0.1) is 0 Å². The van der Waals surface area contributed by atoms with E-state index in [9.17, 15) is 14.4 Å². The van der Waals surface area contributed by atoms with Gasteiger partial charge in [-0.1, -0.05) is 11.3 Å². The Bertz CT molecular complexity index is 762. The maximum Gasteiger partial charge on any atom is 0.425 e. The van der Waals surface area contributed by atoms with Crippen molar-refractivity contribution in [3.8, 4) is 5.75 Å². The number of thiazole rings is 1. The van der Waals surface area contributed by atoms with Gasteiger partial charge in [-0.2, -0.15) is 0 Å². The highest BCUT2D eigenvalue weighted by molar-refractivity contribution is 7.22. The average molecular weight is 354 g/mol. The Balaban J connectivity index is 1.94. The van der Waals surface area contributed by atoms with Gasteiger partial charge in [0.1, 0.15) is 5.75 Å². The lowest BCUT2D eigenvalue weighted by molar-refractivity contribution is -0.123. The van der Waals surface area contributed by atoms with E-state index in [-0.39, 0.29) is 6.61 Å². The lowest BCUT2D eigenvalue weighted by atomic mass is 10.3. The Hall–Kier alpha value is -3.08. The molecular weight excluding hydrogens is 340 g/mol. The first-order valence-electron chi connectivity index (χ1n) is 6.53. The molecule has 0 unspecified atom stereocenters. The number of nitrogens with zero attached hydrogens (tertiary/aromatic N) is 1. The Kier molecular flexibility index (Phi) is 5.73. The summed E-state index contributed by atoms with van der Waals surface area (Å²) in [7, 11) is 2.43. The molecule has 10 nitrogen and oxygen atoms in total. The van der Waals surface area contributed by atoms with Gasteiger partial charge in [-0.3, -0.25) is 15.5 Å². The largest absolute Gasteiger partial charge is 0.484 e. The van der Waals surface area contributed by atoms with Crippen molar-refractivity contribution in [3.05, 3.63) is 18.2 Å². The van der Waals surface area contributed by atoms with Crippen LogP contribution in [-0.2, 0) is 14.3 Å². The van der Waals surface area contributed by atoms with Crippen LogP contribution in [0.3, 0.4) is 0 Å². The zero-order valence-electron chi connectivity index (χ0n) is 12.7. The number of anilines is 1. The first-order chi connectivity index (χ1) is 11.5. The fraction of sp³-hybridized carbons (Fsp3) is 0.231. The second-order valence-corrected chi connectivity index (χ2v) is 5.25. The number of carbonyl (C=O) groups is 3. The number of hydrogen-bond acceptors (Lipinski definition) is 8. The number of nitrogens with one attached hydrogen (secondary N) is 3. The number of rotatable bonds is 4. The minimum atomic E-state index is -0.792. The number of carbonyl (C=O) groups excluding carboxylic acids is 3. The fourth-order valence-corrected chi connectivity index (χ4v) is 2.42. The molecule has 0 aliphatic rings. The standard InChI is InChI=1S/C13H14N4O6S/c1-21-12(19)15-11-14-8-4-3-7(5-9(8)24-11)23-6-10(18)16-17-13(20)22-2/h3-5H,6H2,1-2H3,(H,16,18)(H,17,20)(H,14,15,19). The van der Waals surface area contributed by atoms with Crippen LogP contribution in [0.1, 0.15) is 0 Å². The van der Waals surface area contributed by atoms with Gasteiger partial charge in [-0.05, 0) is 18.2 Å².